The van der Waals surface area contributed by atoms with Gasteiger partial charge in [-0.3, -0.25) is 4.79 Å². The van der Waals surface area contributed by atoms with Crippen LogP contribution in [-0.2, 0) is 29.0 Å². The van der Waals surface area contributed by atoms with Crippen LogP contribution in [0.15, 0.2) is 48.5 Å². The number of aryl methyl sites for hydroxylation is 2. The normalized spacial score (nSPS) is 10.3. The number of rotatable bonds is 6. The first kappa shape index (κ1) is 15.1. The molecule has 2 rings (SSSR count). The van der Waals surface area contributed by atoms with Crippen molar-refractivity contribution in [2.45, 2.75) is 32.8 Å². The van der Waals surface area contributed by atoms with E-state index >= 15 is 0 Å². The van der Waals surface area contributed by atoms with Crippen molar-refractivity contribution in [3.63, 3.8) is 0 Å². The van der Waals surface area contributed by atoms with E-state index in [1.807, 2.05) is 36.4 Å². The molecule has 0 spiro atoms. The van der Waals surface area contributed by atoms with Crippen LogP contribution in [-0.4, -0.2) is 5.97 Å². The molecule has 0 aliphatic heterocycles. The summed E-state index contributed by atoms with van der Waals surface area (Å²) in [7, 11) is 0. The summed E-state index contributed by atoms with van der Waals surface area (Å²) in [6, 6.07) is 15.7. The fourth-order valence-electron chi connectivity index (χ4n) is 2.10. The van der Waals surface area contributed by atoms with Gasteiger partial charge in [-0.15, -0.1) is 0 Å². The molecule has 3 nitrogen and oxygen atoms in total. The lowest BCUT2D eigenvalue weighted by Crippen LogP contribution is -2.06. The Bertz CT molecular complexity index is 590. The number of esters is 1. The Labute approximate surface area is 125 Å². The summed E-state index contributed by atoms with van der Waals surface area (Å²) in [5, 5.41) is 0. The van der Waals surface area contributed by atoms with Crippen LogP contribution >= 0.6 is 0 Å². The van der Waals surface area contributed by atoms with E-state index in [1.54, 1.807) is 0 Å². The van der Waals surface area contributed by atoms with E-state index in [0.29, 0.717) is 19.4 Å². The predicted molar refractivity (Wildman–Crippen MR) is 84.8 cm³/mol. The summed E-state index contributed by atoms with van der Waals surface area (Å²) in [6.45, 7) is 2.45. The maximum atomic E-state index is 11.7. The van der Waals surface area contributed by atoms with E-state index in [1.165, 1.54) is 5.56 Å². The molecule has 3 heteroatoms. The highest BCUT2D eigenvalue weighted by Gasteiger charge is 2.04. The molecule has 0 aromatic heterocycles. The minimum atomic E-state index is -0.183. The molecule has 110 valence electrons. The molecule has 0 fully saturated rings. The zero-order valence-electron chi connectivity index (χ0n) is 12.3. The molecule has 0 aliphatic rings. The summed E-state index contributed by atoms with van der Waals surface area (Å²) in [6.07, 6.45) is 2.04. The molecule has 0 atom stereocenters. The Morgan fingerprint density at radius 3 is 2.43 bits per heavy atom. The van der Waals surface area contributed by atoms with Crippen molar-refractivity contribution < 1.29 is 9.53 Å². The highest BCUT2D eigenvalue weighted by atomic mass is 16.5. The van der Waals surface area contributed by atoms with Gasteiger partial charge in [-0.2, -0.15) is 0 Å². The number of benzene rings is 2. The fourth-order valence-corrected chi connectivity index (χ4v) is 2.10. The molecule has 2 N–H and O–H groups in total. The molecular formula is C18H21NO2. The van der Waals surface area contributed by atoms with Crippen molar-refractivity contribution in [1.29, 1.82) is 0 Å². The maximum Gasteiger partial charge on any atom is 0.306 e. The summed E-state index contributed by atoms with van der Waals surface area (Å²) in [4.78, 5) is 11.7. The maximum absolute atomic E-state index is 11.7. The van der Waals surface area contributed by atoms with E-state index in [-0.39, 0.29) is 5.97 Å². The van der Waals surface area contributed by atoms with Crippen molar-refractivity contribution in [3.8, 4) is 0 Å². The number of ether oxygens (including phenoxy) is 1. The Balaban J connectivity index is 1.76. The first-order chi connectivity index (χ1) is 10.2. The largest absolute Gasteiger partial charge is 0.461 e. The van der Waals surface area contributed by atoms with Crippen molar-refractivity contribution in [1.82, 2.24) is 0 Å². The third kappa shape index (κ3) is 4.95. The van der Waals surface area contributed by atoms with Gasteiger partial charge in [0.2, 0.25) is 0 Å². The number of anilines is 1. The van der Waals surface area contributed by atoms with Gasteiger partial charge in [-0.05, 0) is 41.7 Å². The van der Waals surface area contributed by atoms with Crippen molar-refractivity contribution in [2.75, 3.05) is 5.73 Å². The monoisotopic (exact) mass is 283 g/mol. The molecular weight excluding hydrogens is 262 g/mol. The molecule has 0 saturated carbocycles. The average molecular weight is 283 g/mol. The topological polar surface area (TPSA) is 52.3 Å². The summed E-state index contributed by atoms with van der Waals surface area (Å²) in [5.41, 5.74) is 9.78. The third-order valence-electron chi connectivity index (χ3n) is 3.40. The fraction of sp³-hybridized carbons (Fsp3) is 0.278. The van der Waals surface area contributed by atoms with Gasteiger partial charge in [0.15, 0.2) is 0 Å². The number of carbonyl (C=O) groups is 1. The molecule has 0 amide bonds. The van der Waals surface area contributed by atoms with Crippen LogP contribution < -0.4 is 5.73 Å². The highest BCUT2D eigenvalue weighted by Crippen LogP contribution is 2.10. The van der Waals surface area contributed by atoms with Crippen LogP contribution in [0.5, 0.6) is 0 Å². The van der Waals surface area contributed by atoms with Crippen LogP contribution in [0.4, 0.5) is 5.69 Å². The average Bonchev–Trinajstić information content (AvgIpc) is 2.51. The van der Waals surface area contributed by atoms with E-state index in [0.717, 1.165) is 23.2 Å². The van der Waals surface area contributed by atoms with E-state index in [4.69, 9.17) is 10.5 Å². The van der Waals surface area contributed by atoms with Gasteiger partial charge in [0, 0.05) is 12.1 Å². The molecule has 0 bridgehead atoms. The number of carbonyl (C=O) groups excluding carboxylic acids is 1. The number of hydrogen-bond acceptors (Lipinski definition) is 3. The zero-order valence-corrected chi connectivity index (χ0v) is 12.3. The van der Waals surface area contributed by atoms with E-state index in [2.05, 4.69) is 19.1 Å². The molecule has 2 aromatic carbocycles. The lowest BCUT2D eigenvalue weighted by Gasteiger charge is -2.06. The van der Waals surface area contributed by atoms with Gasteiger partial charge in [-0.1, -0.05) is 43.3 Å². The van der Waals surface area contributed by atoms with E-state index < -0.39 is 0 Å². The first-order valence-corrected chi connectivity index (χ1v) is 7.25. The van der Waals surface area contributed by atoms with Gasteiger partial charge in [-0.25, -0.2) is 0 Å². The SMILES string of the molecule is CCc1ccc(COC(=O)CCc2cccc(N)c2)cc1. The van der Waals surface area contributed by atoms with Crippen LogP contribution in [0.1, 0.15) is 30.0 Å². The second-order valence-corrected chi connectivity index (χ2v) is 5.08. The smallest absolute Gasteiger partial charge is 0.306 e. The van der Waals surface area contributed by atoms with E-state index in [9.17, 15) is 4.79 Å². The molecule has 0 unspecified atom stereocenters. The number of hydrogen-bond donors (Lipinski definition) is 1. The van der Waals surface area contributed by atoms with Crippen molar-refractivity contribution in [3.05, 3.63) is 65.2 Å². The van der Waals surface area contributed by atoms with Crippen LogP contribution in [0.3, 0.4) is 0 Å². The summed E-state index contributed by atoms with van der Waals surface area (Å²) in [5.74, 6) is -0.183. The zero-order chi connectivity index (χ0) is 15.1. The molecule has 0 heterocycles. The van der Waals surface area contributed by atoms with Gasteiger partial charge < -0.3 is 10.5 Å². The molecule has 0 aliphatic carbocycles. The molecule has 0 saturated heterocycles. The van der Waals surface area contributed by atoms with Gasteiger partial charge in [0.05, 0.1) is 0 Å². The Morgan fingerprint density at radius 2 is 1.76 bits per heavy atom. The third-order valence-corrected chi connectivity index (χ3v) is 3.40. The van der Waals surface area contributed by atoms with Gasteiger partial charge >= 0.3 is 5.97 Å². The molecule has 0 radical (unpaired) electrons. The predicted octanol–water partition coefficient (Wildman–Crippen LogP) is 3.51. The van der Waals surface area contributed by atoms with Crippen LogP contribution in [0, 0.1) is 0 Å². The van der Waals surface area contributed by atoms with Gasteiger partial charge in [0.1, 0.15) is 6.61 Å². The lowest BCUT2D eigenvalue weighted by atomic mass is 10.1. The molecule has 2 aromatic rings. The first-order valence-electron chi connectivity index (χ1n) is 7.25. The minimum Gasteiger partial charge on any atom is -0.461 e. The van der Waals surface area contributed by atoms with Crippen molar-refractivity contribution >= 4 is 11.7 Å². The van der Waals surface area contributed by atoms with Crippen LogP contribution in [0.25, 0.3) is 0 Å². The van der Waals surface area contributed by atoms with Crippen molar-refractivity contribution in [2.24, 2.45) is 0 Å². The number of nitrogens with two attached hydrogens (primary N) is 1. The summed E-state index contributed by atoms with van der Waals surface area (Å²) >= 11 is 0. The Kier molecular flexibility index (Phi) is 5.38. The quantitative estimate of drug-likeness (QED) is 0.652. The highest BCUT2D eigenvalue weighted by molar-refractivity contribution is 5.69. The second-order valence-electron chi connectivity index (χ2n) is 5.08. The number of nitrogen functional groups attached to an aromatic ring is 1. The Hall–Kier alpha value is -2.29. The van der Waals surface area contributed by atoms with Crippen LogP contribution in [0.2, 0.25) is 0 Å². The Morgan fingerprint density at radius 1 is 1.05 bits per heavy atom. The second kappa shape index (κ2) is 7.48. The molecule has 21 heavy (non-hydrogen) atoms. The standard InChI is InChI=1S/C18H21NO2/c1-2-14-6-8-16(9-7-14)13-21-18(20)11-10-15-4-3-5-17(19)12-15/h3-9,12H,2,10-11,13,19H2,1H3. The van der Waals surface area contributed by atoms with Gasteiger partial charge in [0.25, 0.3) is 0 Å². The summed E-state index contributed by atoms with van der Waals surface area (Å²) < 4.78 is 5.28. The minimum absolute atomic E-state index is 0.183. The lowest BCUT2D eigenvalue weighted by molar-refractivity contribution is -0.144.